The molecule has 3 aromatic rings. The second kappa shape index (κ2) is 11.5. The molecule has 1 heterocycles. The summed E-state index contributed by atoms with van der Waals surface area (Å²) < 4.78 is 10.4. The smallest absolute Gasteiger partial charge is 0.287 e. The van der Waals surface area contributed by atoms with Crippen molar-refractivity contribution in [3.8, 4) is 11.5 Å². The summed E-state index contributed by atoms with van der Waals surface area (Å²) in [5.74, 6) is 1.19. The molecule has 1 saturated heterocycles. The summed E-state index contributed by atoms with van der Waals surface area (Å²) in [4.78, 5) is 13.6. The van der Waals surface area contributed by atoms with Gasteiger partial charge in [0.15, 0.2) is 0 Å². The van der Waals surface area contributed by atoms with Crippen LogP contribution in [-0.4, -0.2) is 42.7 Å². The lowest BCUT2D eigenvalue weighted by Gasteiger charge is -2.07. The van der Waals surface area contributed by atoms with Gasteiger partial charge in [0.2, 0.25) is 5.17 Å². The number of amidine groups is 1. The first-order valence-corrected chi connectivity index (χ1v) is 11.7. The van der Waals surface area contributed by atoms with Crippen LogP contribution < -0.4 is 9.47 Å². The molecule has 0 N–H and O–H groups in total. The Labute approximate surface area is 212 Å². The van der Waals surface area contributed by atoms with Crippen molar-refractivity contribution in [2.75, 3.05) is 14.2 Å². The number of halogens is 1. The van der Waals surface area contributed by atoms with Crippen molar-refractivity contribution in [2.45, 2.75) is 0 Å². The van der Waals surface area contributed by atoms with Gasteiger partial charge in [0.05, 0.1) is 31.6 Å². The van der Waals surface area contributed by atoms with Gasteiger partial charge in [-0.1, -0.05) is 23.7 Å². The zero-order valence-electron chi connectivity index (χ0n) is 19.0. The Balaban J connectivity index is 1.60. The van der Waals surface area contributed by atoms with Gasteiger partial charge in [0.25, 0.3) is 5.91 Å². The normalized spacial score (nSPS) is 16.2. The van der Waals surface area contributed by atoms with Crippen molar-refractivity contribution in [1.82, 2.24) is 5.01 Å². The summed E-state index contributed by atoms with van der Waals surface area (Å²) in [5.41, 5.74) is 2.49. The van der Waals surface area contributed by atoms with E-state index in [0.29, 0.717) is 15.1 Å². The number of nitrogens with zero attached hydrogens (tertiary/aromatic N) is 4. The van der Waals surface area contributed by atoms with Crippen molar-refractivity contribution in [3.05, 3.63) is 99.4 Å². The van der Waals surface area contributed by atoms with E-state index in [0.717, 1.165) is 28.2 Å². The Hall–Kier alpha value is -3.88. The molecular formula is C26H21ClN4O3S. The molecule has 176 valence electrons. The Morgan fingerprint density at radius 3 is 1.91 bits per heavy atom. The average molecular weight is 505 g/mol. The predicted octanol–water partition coefficient (Wildman–Crippen LogP) is 5.70. The number of rotatable bonds is 7. The Morgan fingerprint density at radius 1 is 0.800 bits per heavy atom. The number of amides is 1. The molecule has 0 saturated carbocycles. The monoisotopic (exact) mass is 504 g/mol. The molecule has 0 atom stereocenters. The van der Waals surface area contributed by atoms with Crippen LogP contribution >= 0.6 is 23.4 Å². The number of methoxy groups -OCH3 is 2. The lowest BCUT2D eigenvalue weighted by Crippen LogP contribution is -2.23. The second-order valence-corrected chi connectivity index (χ2v) is 8.64. The number of benzene rings is 3. The van der Waals surface area contributed by atoms with E-state index in [1.54, 1.807) is 44.9 Å². The van der Waals surface area contributed by atoms with Gasteiger partial charge < -0.3 is 9.47 Å². The van der Waals surface area contributed by atoms with Gasteiger partial charge in [-0.05, 0) is 95.2 Å². The standard InChI is InChI=1S/C26H21ClN4O3S/c1-33-22-11-5-19(6-12-22)16-28-30-26-31(29-17-20-7-13-23(34-2)14-8-20)25(32)24(35-26)15-18-3-9-21(27)10-4-18/h3-17H,1-2H3/b24-15+,28-16-,29-17-,30-26-. The molecule has 4 rings (SSSR count). The molecule has 1 amide bonds. The van der Waals surface area contributed by atoms with Crippen molar-refractivity contribution in [3.63, 3.8) is 0 Å². The van der Waals surface area contributed by atoms with Crippen LogP contribution in [0.4, 0.5) is 0 Å². The molecule has 0 aromatic heterocycles. The van der Waals surface area contributed by atoms with Crippen LogP contribution in [0.5, 0.6) is 11.5 Å². The summed E-state index contributed by atoms with van der Waals surface area (Å²) in [5, 5.41) is 15.0. The maximum atomic E-state index is 13.1. The lowest BCUT2D eigenvalue weighted by molar-refractivity contribution is -0.122. The van der Waals surface area contributed by atoms with E-state index in [4.69, 9.17) is 21.1 Å². The van der Waals surface area contributed by atoms with E-state index in [1.807, 2.05) is 60.7 Å². The molecule has 35 heavy (non-hydrogen) atoms. The minimum Gasteiger partial charge on any atom is -0.497 e. The highest BCUT2D eigenvalue weighted by Gasteiger charge is 2.33. The molecule has 1 aliphatic heterocycles. The van der Waals surface area contributed by atoms with Gasteiger partial charge in [-0.2, -0.15) is 15.2 Å². The molecule has 1 fully saturated rings. The molecular weight excluding hydrogens is 484 g/mol. The quantitative estimate of drug-likeness (QED) is 0.235. The summed E-state index contributed by atoms with van der Waals surface area (Å²) in [6.07, 6.45) is 4.96. The summed E-state index contributed by atoms with van der Waals surface area (Å²) >= 11 is 7.17. The van der Waals surface area contributed by atoms with Crippen LogP contribution in [0.3, 0.4) is 0 Å². The molecule has 0 radical (unpaired) electrons. The predicted molar refractivity (Wildman–Crippen MR) is 142 cm³/mol. The number of carbonyl (C=O) groups is 1. The number of ether oxygens (including phenoxy) is 2. The number of hydrogen-bond donors (Lipinski definition) is 0. The van der Waals surface area contributed by atoms with Crippen molar-refractivity contribution >= 4 is 52.9 Å². The summed E-state index contributed by atoms with van der Waals surface area (Å²) in [7, 11) is 3.21. The highest BCUT2D eigenvalue weighted by Crippen LogP contribution is 2.33. The molecule has 0 aliphatic carbocycles. The Bertz CT molecular complexity index is 1300. The Kier molecular flexibility index (Phi) is 7.97. The summed E-state index contributed by atoms with van der Waals surface area (Å²) in [6, 6.07) is 21.9. The van der Waals surface area contributed by atoms with E-state index in [-0.39, 0.29) is 5.91 Å². The summed E-state index contributed by atoms with van der Waals surface area (Å²) in [6.45, 7) is 0. The highest BCUT2D eigenvalue weighted by atomic mass is 35.5. The molecule has 0 bridgehead atoms. The SMILES string of the molecule is COc1ccc(/C=N\N=C2/S/C(=C/c3ccc(Cl)cc3)C(=O)N2/N=C\c2ccc(OC)cc2)cc1. The third-order valence-electron chi connectivity index (χ3n) is 4.86. The molecule has 0 unspecified atom stereocenters. The van der Waals surface area contributed by atoms with Gasteiger partial charge in [0.1, 0.15) is 11.5 Å². The van der Waals surface area contributed by atoms with Crippen molar-refractivity contribution in [1.29, 1.82) is 0 Å². The van der Waals surface area contributed by atoms with Crippen LogP contribution in [0.25, 0.3) is 6.08 Å². The minimum absolute atomic E-state index is 0.298. The van der Waals surface area contributed by atoms with Crippen LogP contribution in [0.1, 0.15) is 16.7 Å². The van der Waals surface area contributed by atoms with E-state index in [9.17, 15) is 4.79 Å². The molecule has 1 aliphatic rings. The van der Waals surface area contributed by atoms with Gasteiger partial charge in [-0.3, -0.25) is 4.79 Å². The Morgan fingerprint density at radius 2 is 1.34 bits per heavy atom. The first kappa shape index (κ1) is 24.3. The van der Waals surface area contributed by atoms with Gasteiger partial charge in [-0.15, -0.1) is 5.10 Å². The van der Waals surface area contributed by atoms with Gasteiger partial charge in [0, 0.05) is 5.02 Å². The van der Waals surface area contributed by atoms with Crippen LogP contribution in [0.15, 0.2) is 93.0 Å². The molecule has 7 nitrogen and oxygen atoms in total. The zero-order chi connectivity index (χ0) is 24.6. The fourth-order valence-electron chi connectivity index (χ4n) is 2.99. The number of hydrogen-bond acceptors (Lipinski definition) is 7. The fourth-order valence-corrected chi connectivity index (χ4v) is 3.99. The third-order valence-corrected chi connectivity index (χ3v) is 6.06. The van der Waals surface area contributed by atoms with Crippen molar-refractivity contribution < 1.29 is 14.3 Å². The first-order valence-electron chi connectivity index (χ1n) is 10.5. The molecule has 3 aromatic carbocycles. The minimum atomic E-state index is -0.298. The first-order chi connectivity index (χ1) is 17.1. The van der Waals surface area contributed by atoms with Crippen LogP contribution in [-0.2, 0) is 4.79 Å². The fraction of sp³-hybridized carbons (Fsp3) is 0.0769. The van der Waals surface area contributed by atoms with Gasteiger partial charge in [-0.25, -0.2) is 0 Å². The maximum Gasteiger partial charge on any atom is 0.287 e. The topological polar surface area (TPSA) is 75.9 Å². The number of thioether (sulfide) groups is 1. The average Bonchev–Trinajstić information content (AvgIpc) is 3.18. The highest BCUT2D eigenvalue weighted by molar-refractivity contribution is 8.18. The third kappa shape index (κ3) is 6.38. The maximum absolute atomic E-state index is 13.1. The zero-order valence-corrected chi connectivity index (χ0v) is 20.5. The second-order valence-electron chi connectivity index (χ2n) is 7.20. The van der Waals surface area contributed by atoms with E-state index in [1.165, 1.54) is 16.8 Å². The van der Waals surface area contributed by atoms with Crippen LogP contribution in [0, 0.1) is 0 Å². The van der Waals surface area contributed by atoms with Crippen molar-refractivity contribution in [2.24, 2.45) is 15.3 Å². The lowest BCUT2D eigenvalue weighted by atomic mass is 10.2. The van der Waals surface area contributed by atoms with E-state index >= 15 is 0 Å². The molecule has 0 spiro atoms. The number of hydrazone groups is 1. The van der Waals surface area contributed by atoms with E-state index < -0.39 is 0 Å². The van der Waals surface area contributed by atoms with Crippen LogP contribution in [0.2, 0.25) is 5.02 Å². The van der Waals surface area contributed by atoms with Gasteiger partial charge >= 0.3 is 0 Å². The van der Waals surface area contributed by atoms with E-state index in [2.05, 4.69) is 15.3 Å². The number of carbonyl (C=O) groups excluding carboxylic acids is 1. The largest absolute Gasteiger partial charge is 0.497 e. The molecule has 9 heteroatoms.